The third-order valence-electron chi connectivity index (χ3n) is 2.93. The van der Waals surface area contributed by atoms with Gasteiger partial charge in [-0.3, -0.25) is 0 Å². The molecule has 5 heteroatoms. The molecular formula is C13H20N2O3. The molecule has 1 aliphatic rings. The maximum absolute atomic E-state index is 12.0. The second kappa shape index (κ2) is 5.00. The van der Waals surface area contributed by atoms with E-state index in [0.717, 1.165) is 25.1 Å². The first-order valence-corrected chi connectivity index (χ1v) is 6.34. The van der Waals surface area contributed by atoms with E-state index in [2.05, 4.69) is 5.16 Å². The number of carbonyl (C=O) groups is 1. The van der Waals surface area contributed by atoms with Crippen molar-refractivity contribution in [3.8, 4) is 0 Å². The van der Waals surface area contributed by atoms with Crippen molar-refractivity contribution in [3.63, 3.8) is 0 Å². The number of nitrogens with zero attached hydrogens (tertiary/aromatic N) is 2. The molecule has 0 bridgehead atoms. The van der Waals surface area contributed by atoms with Crippen LogP contribution in [0.1, 0.15) is 45.3 Å². The van der Waals surface area contributed by atoms with Gasteiger partial charge in [-0.05, 0) is 33.6 Å². The van der Waals surface area contributed by atoms with Crippen molar-refractivity contribution in [3.05, 3.63) is 18.0 Å². The lowest BCUT2D eigenvalue weighted by atomic mass is 9.96. The maximum Gasteiger partial charge on any atom is 0.410 e. The van der Waals surface area contributed by atoms with E-state index in [4.69, 9.17) is 9.26 Å². The zero-order valence-electron chi connectivity index (χ0n) is 11.2. The van der Waals surface area contributed by atoms with Gasteiger partial charge in [0.05, 0.1) is 6.20 Å². The highest BCUT2D eigenvalue weighted by Crippen LogP contribution is 2.27. The van der Waals surface area contributed by atoms with Crippen LogP contribution < -0.4 is 0 Å². The van der Waals surface area contributed by atoms with Crippen molar-refractivity contribution < 1.29 is 14.1 Å². The van der Waals surface area contributed by atoms with Crippen molar-refractivity contribution in [1.82, 2.24) is 10.1 Å². The molecule has 2 rings (SSSR count). The standard InChI is InChI=1S/C13H20N2O3/c1-13(2,3)17-12(16)15-8-4-5-10(9-15)11-6-7-14-18-11/h6-7,10H,4-5,8-9H2,1-3H3. The Kier molecular flexibility index (Phi) is 3.59. The minimum absolute atomic E-state index is 0.230. The van der Waals surface area contributed by atoms with E-state index in [0.29, 0.717) is 6.54 Å². The summed E-state index contributed by atoms with van der Waals surface area (Å²) in [5, 5.41) is 3.72. The fourth-order valence-corrected chi connectivity index (χ4v) is 2.14. The number of carbonyl (C=O) groups excluding carboxylic acids is 1. The minimum Gasteiger partial charge on any atom is -0.444 e. The number of ether oxygens (including phenoxy) is 1. The normalized spacial score (nSPS) is 20.8. The number of rotatable bonds is 1. The Morgan fingerprint density at radius 3 is 2.94 bits per heavy atom. The van der Waals surface area contributed by atoms with Gasteiger partial charge in [0.25, 0.3) is 0 Å². The Hall–Kier alpha value is -1.52. The smallest absolute Gasteiger partial charge is 0.410 e. The van der Waals surface area contributed by atoms with Crippen LogP contribution in [0.2, 0.25) is 0 Å². The minimum atomic E-state index is -0.448. The summed E-state index contributed by atoms with van der Waals surface area (Å²) in [6, 6.07) is 1.86. The molecule has 5 nitrogen and oxygen atoms in total. The van der Waals surface area contributed by atoms with Gasteiger partial charge >= 0.3 is 6.09 Å². The summed E-state index contributed by atoms with van der Waals surface area (Å²) in [6.45, 7) is 7.03. The lowest BCUT2D eigenvalue weighted by molar-refractivity contribution is 0.0190. The molecule has 100 valence electrons. The van der Waals surface area contributed by atoms with Gasteiger partial charge in [-0.2, -0.15) is 0 Å². The first-order chi connectivity index (χ1) is 8.46. The van der Waals surface area contributed by atoms with Crippen molar-refractivity contribution in [2.24, 2.45) is 0 Å². The first-order valence-electron chi connectivity index (χ1n) is 6.34. The topological polar surface area (TPSA) is 55.6 Å². The molecule has 0 radical (unpaired) electrons. The van der Waals surface area contributed by atoms with Gasteiger partial charge in [-0.1, -0.05) is 5.16 Å². The Morgan fingerprint density at radius 2 is 2.33 bits per heavy atom. The van der Waals surface area contributed by atoms with Gasteiger partial charge in [0.2, 0.25) is 0 Å². The summed E-state index contributed by atoms with van der Waals surface area (Å²) >= 11 is 0. The Bertz CT molecular complexity index is 395. The van der Waals surface area contributed by atoms with E-state index < -0.39 is 5.60 Å². The zero-order valence-corrected chi connectivity index (χ0v) is 11.2. The molecule has 1 saturated heterocycles. The van der Waals surface area contributed by atoms with Crippen LogP contribution in [0.3, 0.4) is 0 Å². The van der Waals surface area contributed by atoms with Crippen LogP contribution in [0.4, 0.5) is 4.79 Å². The van der Waals surface area contributed by atoms with Crippen LogP contribution in [0.15, 0.2) is 16.8 Å². The molecule has 1 aliphatic heterocycles. The lowest BCUT2D eigenvalue weighted by Crippen LogP contribution is -2.42. The molecule has 0 spiro atoms. The molecular weight excluding hydrogens is 232 g/mol. The Balaban J connectivity index is 1.96. The molecule has 1 aromatic heterocycles. The number of hydrogen-bond donors (Lipinski definition) is 0. The van der Waals surface area contributed by atoms with Crippen LogP contribution in [-0.4, -0.2) is 34.8 Å². The average molecular weight is 252 g/mol. The van der Waals surface area contributed by atoms with Gasteiger partial charge in [-0.25, -0.2) is 4.79 Å². The van der Waals surface area contributed by atoms with Gasteiger partial charge in [-0.15, -0.1) is 0 Å². The molecule has 0 N–H and O–H groups in total. The van der Waals surface area contributed by atoms with E-state index in [-0.39, 0.29) is 12.0 Å². The van der Waals surface area contributed by atoms with Gasteiger partial charge in [0.1, 0.15) is 11.4 Å². The fourth-order valence-electron chi connectivity index (χ4n) is 2.14. The van der Waals surface area contributed by atoms with Gasteiger partial charge < -0.3 is 14.2 Å². The predicted molar refractivity (Wildman–Crippen MR) is 66.3 cm³/mol. The van der Waals surface area contributed by atoms with Crippen LogP contribution in [0.25, 0.3) is 0 Å². The molecule has 0 aromatic carbocycles. The second-order valence-corrected chi connectivity index (χ2v) is 5.68. The molecule has 2 heterocycles. The fraction of sp³-hybridized carbons (Fsp3) is 0.692. The molecule has 1 fully saturated rings. The number of amides is 1. The van der Waals surface area contributed by atoms with Gasteiger partial charge in [0.15, 0.2) is 0 Å². The summed E-state index contributed by atoms with van der Waals surface area (Å²) in [4.78, 5) is 13.7. The van der Waals surface area contributed by atoms with Crippen LogP contribution >= 0.6 is 0 Å². The molecule has 1 unspecified atom stereocenters. The highest BCUT2D eigenvalue weighted by atomic mass is 16.6. The monoisotopic (exact) mass is 252 g/mol. The summed E-state index contributed by atoms with van der Waals surface area (Å²) in [7, 11) is 0. The maximum atomic E-state index is 12.0. The molecule has 18 heavy (non-hydrogen) atoms. The van der Waals surface area contributed by atoms with Gasteiger partial charge in [0, 0.05) is 25.1 Å². The molecule has 0 saturated carbocycles. The highest BCUT2D eigenvalue weighted by molar-refractivity contribution is 5.68. The van der Waals surface area contributed by atoms with E-state index in [1.165, 1.54) is 0 Å². The van der Waals surface area contributed by atoms with E-state index in [9.17, 15) is 4.79 Å². The van der Waals surface area contributed by atoms with Crippen molar-refractivity contribution in [1.29, 1.82) is 0 Å². The van der Waals surface area contributed by atoms with Crippen LogP contribution in [-0.2, 0) is 4.74 Å². The zero-order chi connectivity index (χ0) is 13.2. The number of piperidine rings is 1. The Labute approximate surface area is 107 Å². The van der Waals surface area contributed by atoms with Crippen molar-refractivity contribution in [2.75, 3.05) is 13.1 Å². The first kappa shape index (κ1) is 12.9. The van der Waals surface area contributed by atoms with E-state index >= 15 is 0 Å². The summed E-state index contributed by atoms with van der Waals surface area (Å²) in [6.07, 6.45) is 3.38. The largest absolute Gasteiger partial charge is 0.444 e. The summed E-state index contributed by atoms with van der Waals surface area (Å²) in [5.74, 6) is 1.08. The average Bonchev–Trinajstić information content (AvgIpc) is 2.80. The van der Waals surface area contributed by atoms with Crippen LogP contribution in [0, 0.1) is 0 Å². The highest BCUT2D eigenvalue weighted by Gasteiger charge is 2.29. The number of hydrogen-bond acceptors (Lipinski definition) is 4. The van der Waals surface area contributed by atoms with E-state index in [1.54, 1.807) is 11.1 Å². The summed E-state index contributed by atoms with van der Waals surface area (Å²) in [5.41, 5.74) is -0.448. The molecule has 0 aliphatic carbocycles. The molecule has 1 amide bonds. The predicted octanol–water partition coefficient (Wildman–Crippen LogP) is 2.79. The lowest BCUT2D eigenvalue weighted by Gasteiger charge is -2.33. The SMILES string of the molecule is CC(C)(C)OC(=O)N1CCCC(c2ccno2)C1. The molecule has 1 atom stereocenters. The van der Waals surface area contributed by atoms with Crippen LogP contribution in [0.5, 0.6) is 0 Å². The van der Waals surface area contributed by atoms with Crippen molar-refractivity contribution >= 4 is 6.09 Å². The molecule has 1 aromatic rings. The van der Waals surface area contributed by atoms with Crippen molar-refractivity contribution in [2.45, 2.75) is 45.1 Å². The number of aromatic nitrogens is 1. The summed E-state index contributed by atoms with van der Waals surface area (Å²) < 4.78 is 10.6. The quantitative estimate of drug-likeness (QED) is 0.771. The van der Waals surface area contributed by atoms with E-state index in [1.807, 2.05) is 26.8 Å². The second-order valence-electron chi connectivity index (χ2n) is 5.68. The third-order valence-corrected chi connectivity index (χ3v) is 2.93. The Morgan fingerprint density at radius 1 is 1.56 bits per heavy atom. The third kappa shape index (κ3) is 3.24. The number of likely N-dealkylation sites (tertiary alicyclic amines) is 1.